The lowest BCUT2D eigenvalue weighted by Gasteiger charge is -2.36. The molecule has 0 fully saturated rings. The van der Waals surface area contributed by atoms with Crippen LogP contribution in [-0.4, -0.2) is 25.6 Å². The van der Waals surface area contributed by atoms with Crippen molar-refractivity contribution in [3.05, 3.63) is 28.8 Å². The quantitative estimate of drug-likeness (QED) is 0.628. The lowest BCUT2D eigenvalue weighted by molar-refractivity contribution is 0.314. The zero-order valence-electron chi connectivity index (χ0n) is 7.92. The largest absolute Gasteiger partial charge is 0.309 e. The van der Waals surface area contributed by atoms with Gasteiger partial charge in [-0.05, 0) is 24.1 Å². The lowest BCUT2D eigenvalue weighted by Crippen LogP contribution is -2.41. The maximum atomic E-state index is 5.94. The fourth-order valence-electron chi connectivity index (χ4n) is 1.67. The van der Waals surface area contributed by atoms with Gasteiger partial charge in [0.1, 0.15) is 0 Å². The molecule has 0 saturated heterocycles. The van der Waals surface area contributed by atoms with Crippen molar-refractivity contribution >= 4 is 17.3 Å². The van der Waals surface area contributed by atoms with Crippen LogP contribution in [0.15, 0.2) is 18.2 Å². The molecule has 0 aromatic heterocycles. The smallest absolute Gasteiger partial charge is 0.0566 e. The van der Waals surface area contributed by atoms with Gasteiger partial charge in [-0.15, -0.1) is 0 Å². The fourth-order valence-corrected chi connectivity index (χ4v) is 1.83. The molecular weight excluding hydrogens is 184 g/mol. The Bertz CT molecular complexity index is 325. The number of halogens is 1. The number of hydrazine groups is 1. The minimum Gasteiger partial charge on any atom is -0.309 e. The molecule has 0 N–H and O–H groups in total. The van der Waals surface area contributed by atoms with E-state index in [1.54, 1.807) is 0 Å². The molecule has 2 nitrogen and oxygen atoms in total. The van der Waals surface area contributed by atoms with Crippen molar-refractivity contribution in [2.24, 2.45) is 0 Å². The molecule has 1 aromatic carbocycles. The molecule has 0 unspecified atom stereocenters. The second-order valence-electron chi connectivity index (χ2n) is 3.43. The van der Waals surface area contributed by atoms with Crippen LogP contribution in [0, 0.1) is 0 Å². The number of fused-ring (bicyclic) bond motifs is 1. The summed E-state index contributed by atoms with van der Waals surface area (Å²) in [5.74, 6) is 0. The van der Waals surface area contributed by atoms with Crippen molar-refractivity contribution in [3.63, 3.8) is 0 Å². The summed E-state index contributed by atoms with van der Waals surface area (Å²) >= 11 is 5.94. The van der Waals surface area contributed by atoms with E-state index < -0.39 is 0 Å². The average Bonchev–Trinajstić information content (AvgIpc) is 2.12. The molecule has 0 spiro atoms. The van der Waals surface area contributed by atoms with Crippen LogP contribution in [0.5, 0.6) is 0 Å². The molecule has 1 heterocycles. The van der Waals surface area contributed by atoms with E-state index in [1.165, 1.54) is 11.3 Å². The molecule has 1 aliphatic rings. The van der Waals surface area contributed by atoms with Gasteiger partial charge in [0.25, 0.3) is 0 Å². The lowest BCUT2D eigenvalue weighted by atomic mass is 10.1. The zero-order chi connectivity index (χ0) is 9.42. The molecule has 13 heavy (non-hydrogen) atoms. The van der Waals surface area contributed by atoms with E-state index in [-0.39, 0.29) is 0 Å². The van der Waals surface area contributed by atoms with Gasteiger partial charge in [0.2, 0.25) is 0 Å². The highest BCUT2D eigenvalue weighted by Gasteiger charge is 2.17. The number of hydrogen-bond acceptors (Lipinski definition) is 2. The third kappa shape index (κ3) is 1.52. The summed E-state index contributed by atoms with van der Waals surface area (Å²) in [5, 5.41) is 5.14. The van der Waals surface area contributed by atoms with Gasteiger partial charge in [0, 0.05) is 25.7 Å². The standard InChI is InChI=1S/C10H13ClN2/c1-12-6-5-8-3-4-9(11)7-10(8)13(12)2/h3-4,7H,5-6H2,1-2H3. The topological polar surface area (TPSA) is 6.48 Å². The van der Waals surface area contributed by atoms with Gasteiger partial charge in [0.15, 0.2) is 0 Å². The minimum atomic E-state index is 0.806. The molecule has 0 bridgehead atoms. The third-order valence-electron chi connectivity index (χ3n) is 2.61. The van der Waals surface area contributed by atoms with Crippen LogP contribution in [0.2, 0.25) is 5.02 Å². The number of hydrogen-bond donors (Lipinski definition) is 0. The number of rotatable bonds is 0. The summed E-state index contributed by atoms with van der Waals surface area (Å²) in [7, 11) is 4.15. The first-order valence-electron chi connectivity index (χ1n) is 4.41. The SMILES string of the molecule is CN1CCc2ccc(Cl)cc2N1C. The number of likely N-dealkylation sites (N-methyl/N-ethyl adjacent to an activating group) is 1. The van der Waals surface area contributed by atoms with Crippen molar-refractivity contribution in [3.8, 4) is 0 Å². The number of nitrogens with zero attached hydrogens (tertiary/aromatic N) is 2. The third-order valence-corrected chi connectivity index (χ3v) is 2.85. The molecule has 1 aromatic rings. The van der Waals surface area contributed by atoms with Crippen LogP contribution in [0.25, 0.3) is 0 Å². The average molecular weight is 197 g/mol. The van der Waals surface area contributed by atoms with Gasteiger partial charge in [-0.25, -0.2) is 5.01 Å². The molecule has 3 heteroatoms. The Morgan fingerprint density at radius 3 is 2.85 bits per heavy atom. The molecule has 1 aliphatic heterocycles. The molecule has 0 radical (unpaired) electrons. The van der Waals surface area contributed by atoms with Crippen LogP contribution >= 0.6 is 11.6 Å². The normalized spacial score (nSPS) is 17.3. The summed E-state index contributed by atoms with van der Waals surface area (Å²) in [6.07, 6.45) is 1.10. The fraction of sp³-hybridized carbons (Fsp3) is 0.400. The molecular formula is C10H13ClN2. The van der Waals surface area contributed by atoms with Crippen molar-refractivity contribution < 1.29 is 0 Å². The predicted octanol–water partition coefficient (Wildman–Crippen LogP) is 2.18. The molecule has 0 amide bonds. The zero-order valence-corrected chi connectivity index (χ0v) is 8.67. The summed E-state index contributed by atoms with van der Waals surface area (Å²) < 4.78 is 0. The van der Waals surface area contributed by atoms with Crippen LogP contribution in [0.3, 0.4) is 0 Å². The van der Waals surface area contributed by atoms with Crippen LogP contribution in [0.4, 0.5) is 5.69 Å². The Kier molecular flexibility index (Phi) is 2.18. The van der Waals surface area contributed by atoms with Gasteiger partial charge in [-0.2, -0.15) is 0 Å². The van der Waals surface area contributed by atoms with E-state index >= 15 is 0 Å². The van der Waals surface area contributed by atoms with Crippen molar-refractivity contribution in [2.45, 2.75) is 6.42 Å². The highest BCUT2D eigenvalue weighted by Crippen LogP contribution is 2.28. The first-order chi connectivity index (χ1) is 6.18. The predicted molar refractivity (Wildman–Crippen MR) is 56.2 cm³/mol. The maximum Gasteiger partial charge on any atom is 0.0566 e. The van der Waals surface area contributed by atoms with E-state index in [1.807, 2.05) is 12.1 Å². The second kappa shape index (κ2) is 3.20. The maximum absolute atomic E-state index is 5.94. The molecule has 0 aliphatic carbocycles. The van der Waals surface area contributed by atoms with E-state index in [0.29, 0.717) is 0 Å². The van der Waals surface area contributed by atoms with Crippen LogP contribution < -0.4 is 5.01 Å². The second-order valence-corrected chi connectivity index (χ2v) is 3.86. The highest BCUT2D eigenvalue weighted by molar-refractivity contribution is 6.30. The van der Waals surface area contributed by atoms with Gasteiger partial charge >= 0.3 is 0 Å². The van der Waals surface area contributed by atoms with Gasteiger partial charge in [-0.1, -0.05) is 17.7 Å². The first kappa shape index (κ1) is 8.85. The number of anilines is 1. The monoisotopic (exact) mass is 196 g/mol. The van der Waals surface area contributed by atoms with Crippen LogP contribution in [0.1, 0.15) is 5.56 Å². The van der Waals surface area contributed by atoms with Gasteiger partial charge < -0.3 is 5.01 Å². The summed E-state index contributed by atoms with van der Waals surface area (Å²) in [6.45, 7) is 1.07. The minimum absolute atomic E-state index is 0.806. The Morgan fingerprint density at radius 2 is 2.08 bits per heavy atom. The van der Waals surface area contributed by atoms with E-state index in [0.717, 1.165) is 18.0 Å². The van der Waals surface area contributed by atoms with E-state index in [4.69, 9.17) is 11.6 Å². The first-order valence-corrected chi connectivity index (χ1v) is 4.79. The van der Waals surface area contributed by atoms with E-state index in [2.05, 4.69) is 30.2 Å². The van der Waals surface area contributed by atoms with Crippen molar-refractivity contribution in [1.82, 2.24) is 5.01 Å². The summed E-state index contributed by atoms with van der Waals surface area (Å²) in [5.41, 5.74) is 2.60. The van der Waals surface area contributed by atoms with Crippen LogP contribution in [-0.2, 0) is 6.42 Å². The van der Waals surface area contributed by atoms with Crippen molar-refractivity contribution in [1.29, 1.82) is 0 Å². The van der Waals surface area contributed by atoms with E-state index in [9.17, 15) is 0 Å². The Balaban J connectivity index is 2.45. The Morgan fingerprint density at radius 1 is 1.31 bits per heavy atom. The Labute approximate surface area is 83.7 Å². The summed E-state index contributed by atoms with van der Waals surface area (Å²) in [6, 6.07) is 6.09. The Hall–Kier alpha value is -0.730. The molecule has 0 saturated carbocycles. The summed E-state index contributed by atoms with van der Waals surface area (Å²) in [4.78, 5) is 0. The molecule has 2 rings (SSSR count). The molecule has 70 valence electrons. The highest BCUT2D eigenvalue weighted by atomic mass is 35.5. The van der Waals surface area contributed by atoms with Gasteiger partial charge in [-0.3, -0.25) is 0 Å². The van der Waals surface area contributed by atoms with Crippen molar-refractivity contribution in [2.75, 3.05) is 25.6 Å². The van der Waals surface area contributed by atoms with Gasteiger partial charge in [0.05, 0.1) is 5.69 Å². The number of benzene rings is 1. The molecule has 0 atom stereocenters.